The van der Waals surface area contributed by atoms with Gasteiger partial charge in [-0.15, -0.1) is 0 Å². The molecule has 0 radical (unpaired) electrons. The van der Waals surface area contributed by atoms with E-state index in [0.29, 0.717) is 35.9 Å². The van der Waals surface area contributed by atoms with Crippen LogP contribution in [0.4, 0.5) is 0 Å². The first kappa shape index (κ1) is 21.9. The Morgan fingerprint density at radius 2 is 1.71 bits per heavy atom. The van der Waals surface area contributed by atoms with Gasteiger partial charge in [0.25, 0.3) is 0 Å². The van der Waals surface area contributed by atoms with Gasteiger partial charge in [0.2, 0.25) is 0 Å². The summed E-state index contributed by atoms with van der Waals surface area (Å²) in [6, 6.07) is 0. The quantitative estimate of drug-likeness (QED) is 0.561. The van der Waals surface area contributed by atoms with E-state index < -0.39 is 6.10 Å². The van der Waals surface area contributed by atoms with E-state index in [9.17, 15) is 15.0 Å². The fraction of sp³-hybridized carbons (Fsp3) is 0.889. The molecular weight excluding hydrogens is 386 g/mol. The van der Waals surface area contributed by atoms with Crippen molar-refractivity contribution in [1.29, 1.82) is 0 Å². The summed E-state index contributed by atoms with van der Waals surface area (Å²) in [7, 11) is 0. The van der Waals surface area contributed by atoms with Gasteiger partial charge in [0.15, 0.2) is 0 Å². The van der Waals surface area contributed by atoms with Gasteiger partial charge in [-0.2, -0.15) is 0 Å². The van der Waals surface area contributed by atoms with Crippen LogP contribution in [0.1, 0.15) is 71.6 Å². The molecule has 1 aliphatic heterocycles. The number of piperidine rings is 1. The number of carbonyl (C=O) groups is 1. The minimum Gasteiger partial charge on any atom is -0.396 e. The van der Waals surface area contributed by atoms with Crippen molar-refractivity contribution in [2.24, 2.45) is 52.3 Å². The van der Waals surface area contributed by atoms with Crippen molar-refractivity contribution in [3.05, 3.63) is 0 Å². The second-order valence-electron chi connectivity index (χ2n) is 11.9. The van der Waals surface area contributed by atoms with E-state index in [0.717, 1.165) is 64.5 Å². The van der Waals surface area contributed by atoms with Crippen molar-refractivity contribution < 1.29 is 15.0 Å². The largest absolute Gasteiger partial charge is 0.396 e. The molecule has 3 N–H and O–H groups in total. The standard InChI is InChI=1S/C27H41NO3/c1-26-11-7-18(4-3-17-9-13-28-14-10-17)15-22(26)19(16-29)25(31)24-20-5-6-23(30)27(20,2)12-8-21(24)26/h17-22,24-25,28-29,31H,5-16H2,1-2H3/t18-,19+,20-,21-,22?,24-,25+,26+,27-/m0/s1. The number of fused-ring (bicyclic) bond motifs is 5. The number of rotatable bonds is 1. The maximum Gasteiger partial charge on any atom is 0.139 e. The average molecular weight is 428 g/mol. The van der Waals surface area contributed by atoms with Gasteiger partial charge >= 0.3 is 0 Å². The Bertz CT molecular complexity index is 764. The maximum absolute atomic E-state index is 12.7. The van der Waals surface area contributed by atoms with E-state index in [-0.39, 0.29) is 35.2 Å². The van der Waals surface area contributed by atoms with Crippen molar-refractivity contribution in [1.82, 2.24) is 5.32 Å². The molecule has 4 heteroatoms. The zero-order valence-electron chi connectivity index (χ0n) is 19.4. The van der Waals surface area contributed by atoms with Crippen LogP contribution in [0.3, 0.4) is 0 Å². The average Bonchev–Trinajstić information content (AvgIpc) is 3.08. The highest BCUT2D eigenvalue weighted by Gasteiger charge is 2.64. The molecule has 0 amide bonds. The number of hydrogen-bond acceptors (Lipinski definition) is 4. The fourth-order valence-electron chi connectivity index (χ4n) is 8.79. The number of carbonyl (C=O) groups excluding carboxylic acids is 1. The molecule has 1 unspecified atom stereocenters. The first-order chi connectivity index (χ1) is 14.9. The number of hydrogen-bond donors (Lipinski definition) is 3. The van der Waals surface area contributed by atoms with E-state index in [2.05, 4.69) is 31.0 Å². The Balaban J connectivity index is 1.39. The summed E-state index contributed by atoms with van der Waals surface area (Å²) in [4.78, 5) is 12.7. The summed E-state index contributed by atoms with van der Waals surface area (Å²) in [6.07, 6.45) is 8.76. The van der Waals surface area contributed by atoms with E-state index >= 15 is 0 Å². The van der Waals surface area contributed by atoms with Gasteiger partial charge in [-0.05, 0) is 93.5 Å². The van der Waals surface area contributed by atoms with Crippen molar-refractivity contribution in [2.45, 2.75) is 77.7 Å². The molecule has 1 heterocycles. The van der Waals surface area contributed by atoms with Gasteiger partial charge < -0.3 is 15.5 Å². The van der Waals surface area contributed by atoms with Gasteiger partial charge in [-0.3, -0.25) is 4.79 Å². The molecule has 0 aromatic heterocycles. The van der Waals surface area contributed by atoms with Crippen LogP contribution < -0.4 is 5.32 Å². The Hall–Kier alpha value is -0.890. The SMILES string of the molecule is C[C@]12CC[C@H](C#CC3CCNCC3)CC1[C@@H](CO)[C@@H](O)[C@@H]1[C@@H]2CC[C@]2(C)C(=O)CC[C@@H]12. The molecule has 0 spiro atoms. The predicted molar refractivity (Wildman–Crippen MR) is 121 cm³/mol. The second kappa shape index (κ2) is 8.15. The summed E-state index contributed by atoms with van der Waals surface area (Å²) in [5.74, 6) is 9.74. The lowest BCUT2D eigenvalue weighted by molar-refractivity contribution is -0.198. The number of Topliss-reactive ketones (excluding diaryl/α,β-unsaturated/α-hetero) is 1. The van der Waals surface area contributed by atoms with Crippen LogP contribution in [0.15, 0.2) is 0 Å². The molecule has 172 valence electrons. The number of ketones is 1. The first-order valence-electron chi connectivity index (χ1n) is 12.9. The van der Waals surface area contributed by atoms with Crippen LogP contribution in [-0.4, -0.2) is 41.8 Å². The minimum absolute atomic E-state index is 0.0521. The van der Waals surface area contributed by atoms with Gasteiger partial charge in [-0.1, -0.05) is 25.7 Å². The predicted octanol–water partition coefficient (Wildman–Crippen LogP) is 3.41. The van der Waals surface area contributed by atoms with Crippen LogP contribution in [0.5, 0.6) is 0 Å². The molecule has 9 atom stereocenters. The molecule has 4 saturated carbocycles. The van der Waals surface area contributed by atoms with Crippen molar-refractivity contribution in [3.8, 4) is 11.8 Å². The molecule has 0 aromatic rings. The van der Waals surface area contributed by atoms with Crippen molar-refractivity contribution >= 4 is 5.78 Å². The molecule has 5 fully saturated rings. The zero-order valence-corrected chi connectivity index (χ0v) is 19.4. The third-order valence-corrected chi connectivity index (χ3v) is 10.7. The molecule has 1 saturated heterocycles. The Labute approximate surface area is 187 Å². The maximum atomic E-state index is 12.7. The van der Waals surface area contributed by atoms with Crippen molar-refractivity contribution in [3.63, 3.8) is 0 Å². The fourth-order valence-corrected chi connectivity index (χ4v) is 8.79. The summed E-state index contributed by atoms with van der Waals surface area (Å²) < 4.78 is 0. The van der Waals surface area contributed by atoms with Crippen LogP contribution in [-0.2, 0) is 4.79 Å². The summed E-state index contributed by atoms with van der Waals surface area (Å²) in [5, 5.41) is 25.4. The highest BCUT2D eigenvalue weighted by Crippen LogP contribution is 2.67. The summed E-state index contributed by atoms with van der Waals surface area (Å²) >= 11 is 0. The monoisotopic (exact) mass is 427 g/mol. The number of aliphatic hydroxyl groups is 2. The smallest absolute Gasteiger partial charge is 0.139 e. The third-order valence-electron chi connectivity index (χ3n) is 10.7. The normalized spacial score (nSPS) is 50.1. The van der Waals surface area contributed by atoms with Crippen LogP contribution in [0.25, 0.3) is 0 Å². The summed E-state index contributed by atoms with van der Waals surface area (Å²) in [6.45, 7) is 6.81. The molecule has 31 heavy (non-hydrogen) atoms. The van der Waals surface area contributed by atoms with Gasteiger partial charge in [0.05, 0.1) is 6.10 Å². The molecule has 0 aromatic carbocycles. The summed E-state index contributed by atoms with van der Waals surface area (Å²) in [5.41, 5.74) is -0.0971. The number of nitrogens with one attached hydrogen (secondary N) is 1. The van der Waals surface area contributed by atoms with Gasteiger partial charge in [0, 0.05) is 36.2 Å². The number of aliphatic hydroxyl groups excluding tert-OH is 2. The molecule has 5 aliphatic rings. The Morgan fingerprint density at radius 3 is 2.45 bits per heavy atom. The second-order valence-corrected chi connectivity index (χ2v) is 11.9. The lowest BCUT2D eigenvalue weighted by Crippen LogP contribution is -2.62. The third kappa shape index (κ3) is 3.42. The van der Waals surface area contributed by atoms with E-state index in [1.807, 2.05) is 0 Å². The minimum atomic E-state index is -0.486. The molecular formula is C27H41NO3. The lowest BCUT2D eigenvalue weighted by atomic mass is 9.42. The lowest BCUT2D eigenvalue weighted by Gasteiger charge is -2.63. The van der Waals surface area contributed by atoms with E-state index in [1.165, 1.54) is 0 Å². The molecule has 0 bridgehead atoms. The molecule has 4 nitrogen and oxygen atoms in total. The van der Waals surface area contributed by atoms with Gasteiger partial charge in [-0.25, -0.2) is 0 Å². The Morgan fingerprint density at radius 1 is 0.968 bits per heavy atom. The van der Waals surface area contributed by atoms with E-state index in [4.69, 9.17) is 0 Å². The highest BCUT2D eigenvalue weighted by atomic mass is 16.3. The van der Waals surface area contributed by atoms with E-state index in [1.54, 1.807) is 0 Å². The van der Waals surface area contributed by atoms with Crippen LogP contribution in [0, 0.1) is 64.1 Å². The van der Waals surface area contributed by atoms with Crippen molar-refractivity contribution in [2.75, 3.05) is 19.7 Å². The topological polar surface area (TPSA) is 69.6 Å². The van der Waals surface area contributed by atoms with Crippen LogP contribution >= 0.6 is 0 Å². The first-order valence-corrected chi connectivity index (χ1v) is 12.9. The highest BCUT2D eigenvalue weighted by molar-refractivity contribution is 5.87. The Kier molecular flexibility index (Phi) is 5.77. The molecule has 4 aliphatic carbocycles. The molecule has 5 rings (SSSR count). The van der Waals surface area contributed by atoms with Crippen LogP contribution in [0.2, 0.25) is 0 Å². The van der Waals surface area contributed by atoms with Gasteiger partial charge in [0.1, 0.15) is 5.78 Å². The zero-order chi connectivity index (χ0) is 21.8.